The predicted octanol–water partition coefficient (Wildman–Crippen LogP) is 1.14. The lowest BCUT2D eigenvalue weighted by Crippen LogP contribution is -2.48. The molecule has 0 aromatic heterocycles. The maximum absolute atomic E-state index is 12.2. The van der Waals surface area contributed by atoms with E-state index in [0.717, 1.165) is 37.5 Å². The van der Waals surface area contributed by atoms with Crippen LogP contribution in [-0.2, 0) is 4.79 Å². The fraction of sp³-hybridized carbons (Fsp3) is 0.533. The minimum atomic E-state index is -0.145. The molecule has 1 saturated heterocycles. The molecule has 1 unspecified atom stereocenters. The number of amides is 1. The summed E-state index contributed by atoms with van der Waals surface area (Å²) in [6.45, 7) is 4.77. The largest absolute Gasteiger partial charge is 0.491 e. The smallest absolute Gasteiger partial charge is 0.234 e. The van der Waals surface area contributed by atoms with Crippen LogP contribution < -0.4 is 10.1 Å². The van der Waals surface area contributed by atoms with Crippen molar-refractivity contribution in [3.05, 3.63) is 28.8 Å². The molecule has 1 aromatic rings. The molecule has 1 aromatic carbocycles. The molecule has 0 saturated carbocycles. The molecule has 1 N–H and O–H groups in total. The van der Waals surface area contributed by atoms with Crippen molar-refractivity contribution < 1.29 is 9.53 Å². The van der Waals surface area contributed by atoms with Gasteiger partial charge in [-0.05, 0) is 19.2 Å². The Morgan fingerprint density at radius 2 is 2.14 bits per heavy atom. The van der Waals surface area contributed by atoms with Crippen LogP contribution >= 0.6 is 11.6 Å². The summed E-state index contributed by atoms with van der Waals surface area (Å²) in [6, 6.07) is 5.42. The summed E-state index contributed by atoms with van der Waals surface area (Å²) in [6.07, 6.45) is 0. The van der Waals surface area contributed by atoms with E-state index in [4.69, 9.17) is 16.3 Å². The lowest BCUT2D eigenvalue weighted by Gasteiger charge is -2.32. The molecule has 2 heterocycles. The Labute approximate surface area is 129 Å². The summed E-state index contributed by atoms with van der Waals surface area (Å²) in [5.41, 5.74) is 0.894. The van der Waals surface area contributed by atoms with E-state index in [0.29, 0.717) is 18.2 Å². The average molecular weight is 310 g/mol. The van der Waals surface area contributed by atoms with E-state index >= 15 is 0 Å². The molecule has 114 valence electrons. The van der Waals surface area contributed by atoms with Crippen LogP contribution in [0.4, 0.5) is 0 Å². The van der Waals surface area contributed by atoms with Gasteiger partial charge in [0.25, 0.3) is 0 Å². The number of hydrogen-bond acceptors (Lipinski definition) is 4. The van der Waals surface area contributed by atoms with Gasteiger partial charge in [-0.1, -0.05) is 17.7 Å². The number of fused-ring (bicyclic) bond motifs is 1. The maximum Gasteiger partial charge on any atom is 0.234 e. The van der Waals surface area contributed by atoms with Crippen molar-refractivity contribution in [1.82, 2.24) is 15.1 Å². The fourth-order valence-corrected chi connectivity index (χ4v) is 3.10. The van der Waals surface area contributed by atoms with Crippen molar-refractivity contribution in [2.75, 3.05) is 46.4 Å². The maximum atomic E-state index is 12.2. The van der Waals surface area contributed by atoms with Gasteiger partial charge in [0.05, 0.1) is 12.6 Å². The molecular formula is C15H20ClN3O2. The summed E-state index contributed by atoms with van der Waals surface area (Å²) in [7, 11) is 2.10. The Morgan fingerprint density at radius 3 is 2.90 bits per heavy atom. The molecule has 0 aliphatic carbocycles. The highest BCUT2D eigenvalue weighted by molar-refractivity contribution is 6.31. The Bertz CT molecular complexity index is 530. The van der Waals surface area contributed by atoms with Gasteiger partial charge in [0.2, 0.25) is 5.91 Å². The summed E-state index contributed by atoms with van der Waals surface area (Å²) >= 11 is 6.21. The van der Waals surface area contributed by atoms with Crippen molar-refractivity contribution in [3.63, 3.8) is 0 Å². The van der Waals surface area contributed by atoms with Gasteiger partial charge < -0.3 is 15.0 Å². The second-order valence-electron chi connectivity index (χ2n) is 5.66. The molecule has 6 heteroatoms. The molecule has 2 aliphatic rings. The Morgan fingerprint density at radius 1 is 1.38 bits per heavy atom. The number of carbonyl (C=O) groups is 1. The van der Waals surface area contributed by atoms with E-state index in [-0.39, 0.29) is 11.9 Å². The van der Waals surface area contributed by atoms with Crippen LogP contribution in [0.1, 0.15) is 11.6 Å². The molecule has 5 nitrogen and oxygen atoms in total. The van der Waals surface area contributed by atoms with E-state index in [9.17, 15) is 4.79 Å². The first-order chi connectivity index (χ1) is 10.1. The number of benzene rings is 1. The molecule has 1 amide bonds. The second kappa shape index (κ2) is 6.22. The topological polar surface area (TPSA) is 44.8 Å². The number of halogens is 1. The summed E-state index contributed by atoms with van der Waals surface area (Å²) < 4.78 is 5.58. The molecule has 0 bridgehead atoms. The summed E-state index contributed by atoms with van der Waals surface area (Å²) in [5.74, 6) is 0.799. The minimum absolute atomic E-state index is 0.0286. The van der Waals surface area contributed by atoms with Gasteiger partial charge in [-0.25, -0.2) is 0 Å². The van der Waals surface area contributed by atoms with Crippen molar-refractivity contribution in [3.8, 4) is 5.75 Å². The van der Waals surface area contributed by atoms with Gasteiger partial charge in [0, 0.05) is 36.8 Å². The number of rotatable bonds is 3. The van der Waals surface area contributed by atoms with Gasteiger partial charge in [-0.3, -0.25) is 9.69 Å². The van der Waals surface area contributed by atoms with Crippen molar-refractivity contribution in [1.29, 1.82) is 0 Å². The Kier molecular flexibility index (Phi) is 4.33. The Balaban J connectivity index is 1.57. The average Bonchev–Trinajstić information content (AvgIpc) is 2.86. The fourth-order valence-electron chi connectivity index (χ4n) is 2.80. The highest BCUT2D eigenvalue weighted by Crippen LogP contribution is 2.37. The normalized spacial score (nSPS) is 22.7. The van der Waals surface area contributed by atoms with E-state index < -0.39 is 0 Å². The molecular weight excluding hydrogens is 290 g/mol. The van der Waals surface area contributed by atoms with Crippen LogP contribution in [0.15, 0.2) is 18.2 Å². The molecule has 21 heavy (non-hydrogen) atoms. The zero-order valence-corrected chi connectivity index (χ0v) is 12.9. The van der Waals surface area contributed by atoms with E-state index in [2.05, 4.69) is 22.2 Å². The zero-order chi connectivity index (χ0) is 14.8. The van der Waals surface area contributed by atoms with Gasteiger partial charge in [0.1, 0.15) is 12.4 Å². The number of piperazine rings is 1. The SMILES string of the molecule is CN1CCN(CC(=O)NC2COc3cccc(Cl)c32)CC1. The first kappa shape index (κ1) is 14.6. The molecule has 0 spiro atoms. The molecule has 1 fully saturated rings. The van der Waals surface area contributed by atoms with Crippen molar-refractivity contribution in [2.45, 2.75) is 6.04 Å². The molecule has 2 aliphatic heterocycles. The van der Waals surface area contributed by atoms with Gasteiger partial charge in [-0.15, -0.1) is 0 Å². The van der Waals surface area contributed by atoms with Crippen LogP contribution in [0.25, 0.3) is 0 Å². The molecule has 0 radical (unpaired) electrons. The van der Waals surface area contributed by atoms with Gasteiger partial charge >= 0.3 is 0 Å². The lowest BCUT2D eigenvalue weighted by atomic mass is 10.1. The van der Waals surface area contributed by atoms with Crippen LogP contribution in [0, 0.1) is 0 Å². The first-order valence-electron chi connectivity index (χ1n) is 7.25. The van der Waals surface area contributed by atoms with Crippen LogP contribution in [0.5, 0.6) is 5.75 Å². The van der Waals surface area contributed by atoms with Crippen molar-refractivity contribution in [2.24, 2.45) is 0 Å². The first-order valence-corrected chi connectivity index (χ1v) is 7.63. The van der Waals surface area contributed by atoms with Crippen molar-refractivity contribution >= 4 is 17.5 Å². The Hall–Kier alpha value is -1.30. The number of nitrogens with one attached hydrogen (secondary N) is 1. The summed E-state index contributed by atoms with van der Waals surface area (Å²) in [5, 5.41) is 3.68. The molecule has 1 atom stereocenters. The highest BCUT2D eigenvalue weighted by Gasteiger charge is 2.28. The number of carbonyl (C=O) groups excluding carboxylic acids is 1. The van der Waals surface area contributed by atoms with Gasteiger partial charge in [-0.2, -0.15) is 0 Å². The standard InChI is InChI=1S/C15H20ClN3O2/c1-18-5-7-19(8-6-18)9-14(20)17-12-10-21-13-4-2-3-11(16)15(12)13/h2-4,12H,5-10H2,1H3,(H,17,20). The number of ether oxygens (including phenoxy) is 1. The monoisotopic (exact) mass is 309 g/mol. The molecule has 3 rings (SSSR count). The third kappa shape index (κ3) is 3.31. The second-order valence-corrected chi connectivity index (χ2v) is 6.07. The minimum Gasteiger partial charge on any atom is -0.491 e. The van der Waals surface area contributed by atoms with E-state index in [1.165, 1.54) is 0 Å². The van der Waals surface area contributed by atoms with Gasteiger partial charge in [0.15, 0.2) is 0 Å². The van der Waals surface area contributed by atoms with Crippen LogP contribution in [0.2, 0.25) is 5.02 Å². The van der Waals surface area contributed by atoms with E-state index in [1.807, 2.05) is 18.2 Å². The third-order valence-corrected chi connectivity index (χ3v) is 4.39. The predicted molar refractivity (Wildman–Crippen MR) is 81.8 cm³/mol. The quantitative estimate of drug-likeness (QED) is 0.909. The third-order valence-electron chi connectivity index (χ3n) is 4.07. The number of hydrogen-bond donors (Lipinski definition) is 1. The zero-order valence-electron chi connectivity index (χ0n) is 12.1. The summed E-state index contributed by atoms with van der Waals surface area (Å²) in [4.78, 5) is 16.7. The highest BCUT2D eigenvalue weighted by atomic mass is 35.5. The van der Waals surface area contributed by atoms with E-state index in [1.54, 1.807) is 0 Å². The van der Waals surface area contributed by atoms with Crippen LogP contribution in [0.3, 0.4) is 0 Å². The number of likely N-dealkylation sites (N-methyl/N-ethyl adjacent to an activating group) is 1. The lowest BCUT2D eigenvalue weighted by molar-refractivity contribution is -0.123. The van der Waals surface area contributed by atoms with Crippen LogP contribution in [-0.4, -0.2) is 62.1 Å². The number of nitrogens with zero attached hydrogens (tertiary/aromatic N) is 2.